The first kappa shape index (κ1) is 37.3. The molecule has 0 aliphatic carbocycles. The van der Waals surface area contributed by atoms with Gasteiger partial charge in [-0.1, -0.05) is 6.42 Å². The number of amides is 1. The van der Waals surface area contributed by atoms with Gasteiger partial charge in [-0.25, -0.2) is 14.8 Å². The predicted molar refractivity (Wildman–Crippen MR) is 205 cm³/mol. The molecule has 1 N–H and O–H groups in total. The van der Waals surface area contributed by atoms with Crippen molar-refractivity contribution in [3.63, 3.8) is 0 Å². The lowest BCUT2D eigenvalue weighted by atomic mass is 10.00. The SMILES string of the molecule is Cc1nc2cc([C@@H]3CCCCN3)nn2c(N2CCOCC2)c1C.Cc1nc2cc([C@@H]3CCCCN3C(=O)OC(C)(C)C)nn2c(N2CCOCC2)c1C. The third kappa shape index (κ3) is 8.09. The number of ether oxygens (including phenoxy) is 3. The zero-order chi connectivity index (χ0) is 37.3. The van der Waals surface area contributed by atoms with Gasteiger partial charge in [-0.05, 0) is 87.1 Å². The number of piperidine rings is 2. The maximum absolute atomic E-state index is 12.9. The molecule has 2 atom stereocenters. The van der Waals surface area contributed by atoms with Crippen LogP contribution in [0.4, 0.5) is 16.4 Å². The van der Waals surface area contributed by atoms with Crippen molar-refractivity contribution in [3.05, 3.63) is 46.0 Å². The standard InChI is InChI=1S/C22H33N5O3.C17H25N5O/c1-15-16(2)23-19-14-17(24-27(19)20(15)25-10-12-29-13-11-25)18-8-6-7-9-26(18)21(28)30-22(3,4)5;1-12-13(2)19-16-11-15(14-5-3-4-6-18-14)20-22(16)17(12)21-7-9-23-10-8-21/h14,18H,6-13H2,1-5H3;11,14,18H,3-10H2,1-2H3/t18-;14-/m00/s1. The van der Waals surface area contributed by atoms with Gasteiger partial charge in [0.25, 0.3) is 0 Å². The number of carbonyl (C=O) groups excluding carboxylic acids is 1. The van der Waals surface area contributed by atoms with Crippen LogP contribution < -0.4 is 15.1 Å². The Morgan fingerprint density at radius 3 is 1.79 bits per heavy atom. The van der Waals surface area contributed by atoms with Crippen LogP contribution in [0.15, 0.2) is 12.1 Å². The number of carbonyl (C=O) groups is 1. The van der Waals surface area contributed by atoms with Crippen molar-refractivity contribution in [1.82, 2.24) is 39.4 Å². The average molecular weight is 731 g/mol. The van der Waals surface area contributed by atoms with Crippen molar-refractivity contribution >= 4 is 29.0 Å². The van der Waals surface area contributed by atoms with Crippen LogP contribution in [0.2, 0.25) is 0 Å². The minimum absolute atomic E-state index is 0.0894. The van der Waals surface area contributed by atoms with Gasteiger partial charge < -0.3 is 29.3 Å². The van der Waals surface area contributed by atoms with E-state index in [2.05, 4.69) is 42.0 Å². The summed E-state index contributed by atoms with van der Waals surface area (Å²) in [5.74, 6) is 2.25. The van der Waals surface area contributed by atoms with Crippen molar-refractivity contribution in [2.24, 2.45) is 0 Å². The number of aromatic nitrogens is 6. The zero-order valence-electron chi connectivity index (χ0n) is 32.8. The van der Waals surface area contributed by atoms with E-state index in [9.17, 15) is 4.79 Å². The second-order valence-electron chi connectivity index (χ2n) is 15.9. The summed E-state index contributed by atoms with van der Waals surface area (Å²) in [6, 6.07) is 4.46. The molecule has 4 aliphatic rings. The van der Waals surface area contributed by atoms with E-state index in [4.69, 9.17) is 34.4 Å². The molecule has 8 heterocycles. The molecule has 0 aromatic carbocycles. The van der Waals surface area contributed by atoms with Crippen molar-refractivity contribution in [1.29, 1.82) is 0 Å². The van der Waals surface area contributed by atoms with Gasteiger partial charge >= 0.3 is 6.09 Å². The number of aryl methyl sites for hydroxylation is 2. The Hall–Kier alpha value is -4.01. The van der Waals surface area contributed by atoms with E-state index < -0.39 is 5.60 Å². The second-order valence-corrected chi connectivity index (χ2v) is 15.9. The van der Waals surface area contributed by atoms with E-state index in [1.165, 1.54) is 24.2 Å². The minimum Gasteiger partial charge on any atom is -0.444 e. The van der Waals surface area contributed by atoms with Crippen LogP contribution in [0.1, 0.15) is 105 Å². The first-order chi connectivity index (χ1) is 25.5. The predicted octanol–water partition coefficient (Wildman–Crippen LogP) is 5.64. The monoisotopic (exact) mass is 730 g/mol. The van der Waals surface area contributed by atoms with Crippen LogP contribution in [-0.2, 0) is 14.2 Å². The highest BCUT2D eigenvalue weighted by Gasteiger charge is 2.34. The fraction of sp³-hybridized carbons (Fsp3) is 0.667. The molecule has 8 rings (SSSR count). The molecular weight excluding hydrogens is 672 g/mol. The van der Waals surface area contributed by atoms with Crippen LogP contribution in [0.5, 0.6) is 0 Å². The summed E-state index contributed by atoms with van der Waals surface area (Å²) in [7, 11) is 0. The molecule has 4 aliphatic heterocycles. The van der Waals surface area contributed by atoms with Crippen LogP contribution in [0, 0.1) is 27.7 Å². The summed E-state index contributed by atoms with van der Waals surface area (Å²) in [6.45, 7) is 22.3. The number of anilines is 2. The number of nitrogens with one attached hydrogen (secondary N) is 1. The van der Waals surface area contributed by atoms with Gasteiger partial charge in [0.15, 0.2) is 11.3 Å². The molecule has 4 saturated heterocycles. The summed E-state index contributed by atoms with van der Waals surface area (Å²) in [6.07, 6.45) is 6.37. The molecule has 1 amide bonds. The fourth-order valence-electron chi connectivity index (χ4n) is 7.91. The quantitative estimate of drug-likeness (QED) is 0.280. The summed E-state index contributed by atoms with van der Waals surface area (Å²) < 4.78 is 20.7. The maximum Gasteiger partial charge on any atom is 0.410 e. The summed E-state index contributed by atoms with van der Waals surface area (Å²) in [5, 5.41) is 13.5. The van der Waals surface area contributed by atoms with Crippen LogP contribution >= 0.6 is 0 Å². The number of morpholine rings is 2. The van der Waals surface area contributed by atoms with Crippen LogP contribution in [0.25, 0.3) is 11.3 Å². The third-order valence-corrected chi connectivity index (χ3v) is 10.9. The molecule has 0 bridgehead atoms. The Morgan fingerprint density at radius 2 is 1.26 bits per heavy atom. The molecule has 14 nitrogen and oxygen atoms in total. The number of nitrogens with zero attached hydrogens (tertiary/aromatic N) is 9. The van der Waals surface area contributed by atoms with Gasteiger partial charge in [-0.3, -0.25) is 4.90 Å². The number of hydrogen-bond donors (Lipinski definition) is 1. The first-order valence-corrected chi connectivity index (χ1v) is 19.6. The van der Waals surface area contributed by atoms with Gasteiger partial charge in [-0.15, -0.1) is 0 Å². The smallest absolute Gasteiger partial charge is 0.410 e. The van der Waals surface area contributed by atoms with Gasteiger partial charge in [0.1, 0.15) is 17.2 Å². The lowest BCUT2D eigenvalue weighted by Crippen LogP contribution is -2.42. The Kier molecular flexibility index (Phi) is 11.1. The number of likely N-dealkylation sites (tertiary alicyclic amines) is 1. The lowest BCUT2D eigenvalue weighted by molar-refractivity contribution is 0.00897. The van der Waals surface area contributed by atoms with Gasteiger partial charge in [0, 0.05) is 67.4 Å². The summed E-state index contributed by atoms with van der Waals surface area (Å²) >= 11 is 0. The van der Waals surface area contributed by atoms with E-state index in [1.807, 2.05) is 47.7 Å². The highest BCUT2D eigenvalue weighted by Crippen LogP contribution is 2.34. The number of hydrogen-bond acceptors (Lipinski definition) is 11. The van der Waals surface area contributed by atoms with Crippen molar-refractivity contribution in [2.45, 2.75) is 105 Å². The van der Waals surface area contributed by atoms with E-state index in [0.29, 0.717) is 25.8 Å². The van der Waals surface area contributed by atoms with E-state index in [0.717, 1.165) is 117 Å². The van der Waals surface area contributed by atoms with E-state index in [1.54, 1.807) is 0 Å². The zero-order valence-corrected chi connectivity index (χ0v) is 32.8. The first-order valence-electron chi connectivity index (χ1n) is 19.6. The van der Waals surface area contributed by atoms with Gasteiger partial charge in [0.2, 0.25) is 0 Å². The van der Waals surface area contributed by atoms with Gasteiger partial charge in [-0.2, -0.15) is 19.2 Å². The molecule has 4 aromatic heterocycles. The molecule has 288 valence electrons. The molecule has 0 spiro atoms. The maximum atomic E-state index is 12.9. The lowest BCUT2D eigenvalue weighted by Gasteiger charge is -2.35. The average Bonchev–Trinajstić information content (AvgIpc) is 3.77. The van der Waals surface area contributed by atoms with Crippen LogP contribution in [0.3, 0.4) is 0 Å². The molecule has 0 radical (unpaired) electrons. The second kappa shape index (κ2) is 15.8. The molecule has 0 unspecified atom stereocenters. The Morgan fingerprint density at radius 1 is 0.736 bits per heavy atom. The summed E-state index contributed by atoms with van der Waals surface area (Å²) in [4.78, 5) is 29.0. The van der Waals surface area contributed by atoms with Crippen LogP contribution in [-0.4, -0.2) is 111 Å². The molecule has 4 fully saturated rings. The molecule has 14 heteroatoms. The molecule has 4 aromatic rings. The highest BCUT2D eigenvalue weighted by molar-refractivity contribution is 5.69. The molecule has 53 heavy (non-hydrogen) atoms. The topological polar surface area (TPSA) is 127 Å². The molecular formula is C39H58N10O4. The van der Waals surface area contributed by atoms with Gasteiger partial charge in [0.05, 0.1) is 49.9 Å². The van der Waals surface area contributed by atoms with E-state index >= 15 is 0 Å². The largest absolute Gasteiger partial charge is 0.444 e. The molecule has 0 saturated carbocycles. The Bertz CT molecular complexity index is 1900. The summed E-state index contributed by atoms with van der Waals surface area (Å²) in [5.41, 5.74) is 7.70. The van der Waals surface area contributed by atoms with Crippen molar-refractivity contribution in [3.8, 4) is 0 Å². The van der Waals surface area contributed by atoms with Crippen molar-refractivity contribution < 1.29 is 19.0 Å². The highest BCUT2D eigenvalue weighted by atomic mass is 16.6. The normalized spacial score (nSPS) is 21.5. The minimum atomic E-state index is -0.517. The Balaban J connectivity index is 0.000000170. The fourth-order valence-corrected chi connectivity index (χ4v) is 7.91. The van der Waals surface area contributed by atoms with E-state index in [-0.39, 0.29) is 12.1 Å². The number of rotatable bonds is 4. The van der Waals surface area contributed by atoms with Crippen molar-refractivity contribution in [2.75, 3.05) is 75.5 Å². The number of fused-ring (bicyclic) bond motifs is 2. The Labute approximate surface area is 313 Å². The third-order valence-electron chi connectivity index (χ3n) is 10.9.